The van der Waals surface area contributed by atoms with Crippen molar-refractivity contribution in [3.8, 4) is 0 Å². The van der Waals surface area contributed by atoms with Gasteiger partial charge in [-0.2, -0.15) is 0 Å². The largest absolute Gasteiger partial charge is 0.113 e. The fourth-order valence-electron chi connectivity index (χ4n) is 1.95. The Morgan fingerprint density at radius 3 is 2.32 bits per heavy atom. The van der Waals surface area contributed by atoms with E-state index in [1.165, 1.54) is 0 Å². The molecular weight excluding hydrogens is 411 g/mol. The lowest BCUT2D eigenvalue weighted by Gasteiger charge is -2.16. The predicted octanol–water partition coefficient (Wildman–Crippen LogP) is 6.81. The Hall–Kier alpha value is -0.0200. The molecule has 0 radical (unpaired) electrons. The maximum atomic E-state index is 6.62. The van der Waals surface area contributed by atoms with Gasteiger partial charge >= 0.3 is 0 Å². The van der Waals surface area contributed by atoms with E-state index in [1.54, 1.807) is 0 Å². The molecule has 0 fully saturated rings. The molecule has 2 rings (SSSR count). The molecule has 2 aromatic rings. The zero-order chi connectivity index (χ0) is 14.2. The summed E-state index contributed by atoms with van der Waals surface area (Å²) < 4.78 is 2.07. The van der Waals surface area contributed by atoms with E-state index in [9.17, 15) is 0 Å². The summed E-state index contributed by atoms with van der Waals surface area (Å²) in [5.41, 5.74) is 4.32. The van der Waals surface area contributed by atoms with Crippen LogP contribution in [0.5, 0.6) is 0 Å². The smallest absolute Gasteiger partial charge is 0.0852 e. The van der Waals surface area contributed by atoms with Crippen molar-refractivity contribution in [2.24, 2.45) is 0 Å². The number of benzene rings is 2. The Labute approximate surface area is 140 Å². The number of hydrogen-bond acceptors (Lipinski definition) is 0. The second kappa shape index (κ2) is 6.17. The number of rotatable bonds is 2. The van der Waals surface area contributed by atoms with Crippen molar-refractivity contribution in [3.05, 3.63) is 66.6 Å². The van der Waals surface area contributed by atoms with Crippen molar-refractivity contribution in [3.63, 3.8) is 0 Å². The van der Waals surface area contributed by atoms with E-state index in [0.29, 0.717) is 5.02 Å². The molecule has 2 aromatic carbocycles. The second-order valence-corrected chi connectivity index (χ2v) is 7.10. The van der Waals surface area contributed by atoms with Gasteiger partial charge in [0.1, 0.15) is 0 Å². The molecule has 0 nitrogen and oxygen atoms in total. The van der Waals surface area contributed by atoms with Gasteiger partial charge in [0.05, 0.1) is 5.38 Å². The highest BCUT2D eigenvalue weighted by atomic mass is 79.9. The summed E-state index contributed by atoms with van der Waals surface area (Å²) in [5.74, 6) is 0. The number of hydrogen-bond donors (Lipinski definition) is 0. The highest BCUT2D eigenvalue weighted by molar-refractivity contribution is 9.10. The Bertz CT molecular complexity index is 624. The van der Waals surface area contributed by atoms with Gasteiger partial charge in [-0.15, -0.1) is 11.6 Å². The van der Waals surface area contributed by atoms with E-state index >= 15 is 0 Å². The first-order valence-electron chi connectivity index (χ1n) is 5.76. The Kier molecular flexibility index (Phi) is 4.99. The summed E-state index contributed by atoms with van der Waals surface area (Å²) in [5, 5.41) is 0.431. The van der Waals surface area contributed by atoms with Crippen molar-refractivity contribution < 1.29 is 0 Å². The van der Waals surface area contributed by atoms with Crippen LogP contribution in [-0.2, 0) is 0 Å². The van der Waals surface area contributed by atoms with E-state index < -0.39 is 0 Å². The van der Waals surface area contributed by atoms with Crippen molar-refractivity contribution in [1.29, 1.82) is 0 Å². The molecule has 0 saturated carbocycles. The minimum absolute atomic E-state index is 0.253. The lowest BCUT2D eigenvalue weighted by atomic mass is 9.98. The molecule has 19 heavy (non-hydrogen) atoms. The lowest BCUT2D eigenvalue weighted by molar-refractivity contribution is 1.10. The topological polar surface area (TPSA) is 0 Å². The third kappa shape index (κ3) is 3.36. The van der Waals surface area contributed by atoms with Crippen LogP contribution >= 0.6 is 55.1 Å². The summed E-state index contributed by atoms with van der Waals surface area (Å²) in [7, 11) is 0. The molecule has 0 N–H and O–H groups in total. The average Bonchev–Trinajstić information content (AvgIpc) is 2.36. The predicted molar refractivity (Wildman–Crippen MR) is 90.5 cm³/mol. The molecule has 4 heteroatoms. The van der Waals surface area contributed by atoms with Gasteiger partial charge in [-0.25, -0.2) is 0 Å². The van der Waals surface area contributed by atoms with E-state index in [1.807, 2.05) is 18.2 Å². The molecule has 0 aliphatic carbocycles. The van der Waals surface area contributed by atoms with E-state index in [-0.39, 0.29) is 5.38 Å². The average molecular weight is 423 g/mol. The highest BCUT2D eigenvalue weighted by Crippen LogP contribution is 2.38. The van der Waals surface area contributed by atoms with Gasteiger partial charge < -0.3 is 0 Å². The van der Waals surface area contributed by atoms with Crippen molar-refractivity contribution in [2.45, 2.75) is 19.2 Å². The van der Waals surface area contributed by atoms with Crippen molar-refractivity contribution in [2.75, 3.05) is 0 Å². The maximum absolute atomic E-state index is 6.62. The molecule has 0 bridgehead atoms. The fourth-order valence-corrected chi connectivity index (χ4v) is 3.49. The van der Waals surface area contributed by atoms with E-state index in [4.69, 9.17) is 23.2 Å². The standard InChI is InChI=1S/C15H12Br2Cl2/c1-8-6-13(17)9(2)5-11(8)15(19)12-7-10(16)3-4-14(12)18/h3-7,15H,1-2H3. The lowest BCUT2D eigenvalue weighted by Crippen LogP contribution is -1.99. The van der Waals surface area contributed by atoms with Crippen molar-refractivity contribution >= 4 is 55.1 Å². The Morgan fingerprint density at radius 2 is 1.63 bits per heavy atom. The minimum atomic E-state index is -0.253. The van der Waals surface area contributed by atoms with Crippen LogP contribution in [0, 0.1) is 13.8 Å². The zero-order valence-corrected chi connectivity index (χ0v) is 15.2. The molecule has 0 aromatic heterocycles. The van der Waals surface area contributed by atoms with E-state index in [2.05, 4.69) is 57.8 Å². The number of halogens is 4. The van der Waals surface area contributed by atoms with Gasteiger partial charge in [-0.05, 0) is 60.4 Å². The van der Waals surface area contributed by atoms with Gasteiger partial charge in [0.2, 0.25) is 0 Å². The first-order valence-corrected chi connectivity index (χ1v) is 8.16. The summed E-state index contributed by atoms with van der Waals surface area (Å²) in [6, 6.07) is 9.93. The van der Waals surface area contributed by atoms with Crippen molar-refractivity contribution in [1.82, 2.24) is 0 Å². The Balaban J connectivity index is 2.52. The van der Waals surface area contributed by atoms with Crippen LogP contribution in [0.3, 0.4) is 0 Å². The molecule has 0 heterocycles. The molecule has 0 aliphatic rings. The van der Waals surface area contributed by atoms with Crippen LogP contribution in [0.15, 0.2) is 39.3 Å². The van der Waals surface area contributed by atoms with Crippen LogP contribution in [0.1, 0.15) is 27.6 Å². The third-order valence-corrected chi connectivity index (χ3v) is 5.21. The molecule has 100 valence electrons. The maximum Gasteiger partial charge on any atom is 0.0852 e. The minimum Gasteiger partial charge on any atom is -0.113 e. The van der Waals surface area contributed by atoms with E-state index in [0.717, 1.165) is 31.2 Å². The molecular formula is C15H12Br2Cl2. The molecule has 0 spiro atoms. The molecule has 1 atom stereocenters. The van der Waals surface area contributed by atoms with Crippen LogP contribution < -0.4 is 0 Å². The highest BCUT2D eigenvalue weighted by Gasteiger charge is 2.17. The quantitative estimate of drug-likeness (QED) is 0.466. The first kappa shape index (κ1) is 15.4. The van der Waals surface area contributed by atoms with Gasteiger partial charge in [0.25, 0.3) is 0 Å². The monoisotopic (exact) mass is 420 g/mol. The third-order valence-electron chi connectivity index (χ3n) is 3.05. The molecule has 0 aliphatic heterocycles. The summed E-state index contributed by atoms with van der Waals surface area (Å²) in [4.78, 5) is 0. The van der Waals surface area contributed by atoms with Gasteiger partial charge in [0.15, 0.2) is 0 Å². The van der Waals surface area contributed by atoms with Gasteiger partial charge in [0, 0.05) is 14.0 Å². The van der Waals surface area contributed by atoms with Crippen LogP contribution in [-0.4, -0.2) is 0 Å². The zero-order valence-electron chi connectivity index (χ0n) is 10.5. The summed E-state index contributed by atoms with van der Waals surface area (Å²) in [6.45, 7) is 4.11. The normalized spacial score (nSPS) is 12.5. The second-order valence-electron chi connectivity index (χ2n) is 4.49. The molecule has 0 amide bonds. The van der Waals surface area contributed by atoms with Crippen LogP contribution in [0.2, 0.25) is 5.02 Å². The van der Waals surface area contributed by atoms with Gasteiger partial charge in [-0.3, -0.25) is 0 Å². The Morgan fingerprint density at radius 1 is 0.947 bits per heavy atom. The van der Waals surface area contributed by atoms with Crippen LogP contribution in [0.25, 0.3) is 0 Å². The van der Waals surface area contributed by atoms with Crippen LogP contribution in [0.4, 0.5) is 0 Å². The SMILES string of the molecule is Cc1cc(C(Cl)c2cc(Br)ccc2Cl)c(C)cc1Br. The number of aryl methyl sites for hydroxylation is 2. The number of alkyl halides is 1. The summed E-state index contributed by atoms with van der Waals surface area (Å²) >= 11 is 19.9. The fraction of sp³-hybridized carbons (Fsp3) is 0.200. The first-order chi connectivity index (χ1) is 8.90. The summed E-state index contributed by atoms with van der Waals surface area (Å²) in [6.07, 6.45) is 0. The molecule has 1 unspecified atom stereocenters. The molecule has 0 saturated heterocycles. The van der Waals surface area contributed by atoms with Gasteiger partial charge in [-0.1, -0.05) is 49.5 Å².